The van der Waals surface area contributed by atoms with Gasteiger partial charge in [0.1, 0.15) is 11.4 Å². The average Bonchev–Trinajstić information content (AvgIpc) is 3.07. The van der Waals surface area contributed by atoms with Crippen LogP contribution in [0.1, 0.15) is 22.2 Å². The Labute approximate surface area is 163 Å². The number of carbonyl (C=O) groups is 2. The van der Waals surface area contributed by atoms with Crippen LogP contribution in [0.3, 0.4) is 0 Å². The van der Waals surface area contributed by atoms with Crippen LogP contribution < -0.4 is 16.6 Å². The van der Waals surface area contributed by atoms with E-state index in [0.29, 0.717) is 21.1 Å². The lowest BCUT2D eigenvalue weighted by Gasteiger charge is -2.12. The second kappa shape index (κ2) is 7.93. The smallest absolute Gasteiger partial charge is 0.263 e. The van der Waals surface area contributed by atoms with E-state index in [2.05, 4.69) is 10.3 Å². The number of primary amides is 1. The predicted octanol–water partition coefficient (Wildman–Crippen LogP) is 2.48. The van der Waals surface area contributed by atoms with E-state index >= 15 is 0 Å². The quantitative estimate of drug-likeness (QED) is 0.487. The number of fused-ring (bicyclic) bond motifs is 1. The number of rotatable bonds is 6. The van der Waals surface area contributed by atoms with Crippen molar-refractivity contribution in [1.82, 2.24) is 9.55 Å². The van der Waals surface area contributed by atoms with Crippen molar-refractivity contribution >= 4 is 50.8 Å². The summed E-state index contributed by atoms with van der Waals surface area (Å²) in [5.74, 6) is -1.07. The summed E-state index contributed by atoms with van der Waals surface area (Å²) in [6.07, 6.45) is 2.62. The Morgan fingerprint density at radius 1 is 1.33 bits per heavy atom. The number of aromatic nitrogens is 2. The number of nitrogens with two attached hydrogens (primary N) is 1. The van der Waals surface area contributed by atoms with Gasteiger partial charge >= 0.3 is 0 Å². The molecule has 0 unspecified atom stereocenters. The number of hydrogen-bond acceptors (Lipinski definition) is 6. The summed E-state index contributed by atoms with van der Waals surface area (Å²) in [5, 5.41) is 3.63. The van der Waals surface area contributed by atoms with Crippen LogP contribution in [0.5, 0.6) is 0 Å². The number of amides is 2. The number of thioether (sulfide) groups is 1. The number of benzene rings is 1. The maximum atomic E-state index is 12.9. The lowest BCUT2D eigenvalue weighted by atomic mass is 10.1. The van der Waals surface area contributed by atoms with Gasteiger partial charge in [0.15, 0.2) is 5.16 Å². The maximum absolute atomic E-state index is 12.9. The Bertz CT molecular complexity index is 1090. The van der Waals surface area contributed by atoms with Crippen molar-refractivity contribution in [3.05, 3.63) is 51.1 Å². The summed E-state index contributed by atoms with van der Waals surface area (Å²) in [4.78, 5) is 43.1. The molecule has 0 aliphatic heterocycles. The molecular formula is C18H18N4O3S2. The van der Waals surface area contributed by atoms with Crippen molar-refractivity contribution in [3.63, 3.8) is 0 Å². The Morgan fingerprint density at radius 3 is 2.74 bits per heavy atom. The first-order valence-corrected chi connectivity index (χ1v) is 10.2. The van der Waals surface area contributed by atoms with Gasteiger partial charge in [-0.25, -0.2) is 4.98 Å². The fraction of sp³-hybridized carbons (Fsp3) is 0.222. The molecule has 3 N–H and O–H groups in total. The highest BCUT2D eigenvalue weighted by Crippen LogP contribution is 2.24. The van der Waals surface area contributed by atoms with Gasteiger partial charge in [-0.3, -0.25) is 19.0 Å². The van der Waals surface area contributed by atoms with Gasteiger partial charge in [-0.2, -0.15) is 0 Å². The molecule has 1 aromatic carbocycles. The highest BCUT2D eigenvalue weighted by molar-refractivity contribution is 7.98. The summed E-state index contributed by atoms with van der Waals surface area (Å²) in [6.45, 7) is 1.81. The number of aryl methyl sites for hydroxylation is 1. The normalized spacial score (nSPS) is 10.9. The number of thiophene rings is 1. The Kier molecular flexibility index (Phi) is 5.62. The molecule has 0 fully saturated rings. The van der Waals surface area contributed by atoms with Gasteiger partial charge in [-0.05, 0) is 30.9 Å². The zero-order valence-corrected chi connectivity index (χ0v) is 16.4. The van der Waals surface area contributed by atoms with Crippen LogP contribution in [-0.2, 0) is 17.8 Å². The van der Waals surface area contributed by atoms with Crippen LogP contribution in [0.25, 0.3) is 10.2 Å². The molecule has 7 nitrogen and oxygen atoms in total. The summed E-state index contributed by atoms with van der Waals surface area (Å²) in [7, 11) is 0. The van der Waals surface area contributed by atoms with Crippen molar-refractivity contribution in [2.75, 3.05) is 11.6 Å². The first-order valence-electron chi connectivity index (χ1n) is 8.20. The largest absolute Gasteiger partial charge is 0.366 e. The summed E-state index contributed by atoms with van der Waals surface area (Å²) >= 11 is 2.79. The van der Waals surface area contributed by atoms with Crippen LogP contribution in [0.15, 0.2) is 40.3 Å². The zero-order valence-electron chi connectivity index (χ0n) is 14.8. The van der Waals surface area contributed by atoms with Crippen LogP contribution in [-0.4, -0.2) is 27.6 Å². The number of hydrogen-bond donors (Lipinski definition) is 2. The Hall–Kier alpha value is -2.65. The van der Waals surface area contributed by atoms with E-state index in [1.807, 2.05) is 13.0 Å². The van der Waals surface area contributed by atoms with Crippen LogP contribution in [0.4, 0.5) is 5.69 Å². The fourth-order valence-corrected chi connectivity index (χ4v) is 4.22. The van der Waals surface area contributed by atoms with Crippen molar-refractivity contribution < 1.29 is 9.59 Å². The molecule has 0 saturated heterocycles. The van der Waals surface area contributed by atoms with Gasteiger partial charge in [0.25, 0.3) is 11.5 Å². The van der Waals surface area contributed by atoms with Crippen molar-refractivity contribution in [1.29, 1.82) is 0 Å². The second-order valence-corrected chi connectivity index (χ2v) is 7.62. The van der Waals surface area contributed by atoms with Crippen LogP contribution >= 0.6 is 23.1 Å². The third-order valence-corrected chi connectivity index (χ3v) is 5.82. The SMILES string of the molecule is CCc1cc2c(=O)n(CC(=O)Nc3ccccc3C(N)=O)c(SC)nc2s1. The molecule has 0 atom stereocenters. The number of nitrogens with zero attached hydrogens (tertiary/aromatic N) is 2. The van der Waals surface area contributed by atoms with E-state index in [4.69, 9.17) is 5.73 Å². The summed E-state index contributed by atoms with van der Waals surface area (Å²) in [5.41, 5.74) is 5.60. The molecule has 0 bridgehead atoms. The molecule has 2 heterocycles. The van der Waals surface area contributed by atoms with Gasteiger partial charge in [-0.1, -0.05) is 30.8 Å². The Balaban J connectivity index is 1.94. The molecule has 9 heteroatoms. The van der Waals surface area contributed by atoms with E-state index in [1.165, 1.54) is 33.7 Å². The van der Waals surface area contributed by atoms with E-state index < -0.39 is 11.8 Å². The number of anilines is 1. The molecule has 2 amide bonds. The third-order valence-electron chi connectivity index (χ3n) is 3.97. The molecule has 0 aliphatic carbocycles. The minimum atomic E-state index is -0.638. The van der Waals surface area contributed by atoms with Gasteiger partial charge < -0.3 is 11.1 Å². The number of para-hydroxylation sites is 1. The molecule has 3 rings (SSSR count). The van der Waals surface area contributed by atoms with E-state index in [1.54, 1.807) is 24.5 Å². The van der Waals surface area contributed by atoms with Gasteiger partial charge in [0.05, 0.1) is 16.6 Å². The van der Waals surface area contributed by atoms with Crippen molar-refractivity contribution in [3.8, 4) is 0 Å². The lowest BCUT2D eigenvalue weighted by Crippen LogP contribution is -2.30. The maximum Gasteiger partial charge on any atom is 0.263 e. The zero-order chi connectivity index (χ0) is 19.6. The van der Waals surface area contributed by atoms with Crippen molar-refractivity contribution in [2.45, 2.75) is 25.0 Å². The summed E-state index contributed by atoms with van der Waals surface area (Å²) in [6, 6.07) is 8.29. The monoisotopic (exact) mass is 402 g/mol. The van der Waals surface area contributed by atoms with E-state index in [-0.39, 0.29) is 17.7 Å². The second-order valence-electron chi connectivity index (χ2n) is 5.73. The first-order chi connectivity index (χ1) is 12.9. The minimum Gasteiger partial charge on any atom is -0.366 e. The molecular weight excluding hydrogens is 384 g/mol. The molecule has 27 heavy (non-hydrogen) atoms. The molecule has 140 valence electrons. The van der Waals surface area contributed by atoms with E-state index in [0.717, 1.165) is 11.3 Å². The Morgan fingerprint density at radius 2 is 2.07 bits per heavy atom. The standard InChI is InChI=1S/C18H18N4O3S2/c1-3-10-8-12-16(27-10)21-18(26-2)22(17(12)25)9-14(23)20-13-7-5-4-6-11(13)15(19)24/h4-8H,3,9H2,1-2H3,(H2,19,24)(H,20,23). The molecule has 3 aromatic rings. The molecule has 0 aliphatic rings. The first kappa shape index (κ1) is 19.1. The molecule has 0 radical (unpaired) electrons. The lowest BCUT2D eigenvalue weighted by molar-refractivity contribution is -0.116. The summed E-state index contributed by atoms with van der Waals surface area (Å²) < 4.78 is 1.35. The highest BCUT2D eigenvalue weighted by atomic mass is 32.2. The average molecular weight is 403 g/mol. The topological polar surface area (TPSA) is 107 Å². The molecule has 0 saturated carbocycles. The minimum absolute atomic E-state index is 0.206. The molecule has 0 spiro atoms. The van der Waals surface area contributed by atoms with Gasteiger partial charge in [0.2, 0.25) is 5.91 Å². The number of carbonyl (C=O) groups excluding carboxylic acids is 2. The predicted molar refractivity (Wildman–Crippen MR) is 109 cm³/mol. The van der Waals surface area contributed by atoms with Gasteiger partial charge in [-0.15, -0.1) is 11.3 Å². The fourth-order valence-electron chi connectivity index (χ4n) is 2.66. The van der Waals surface area contributed by atoms with E-state index in [9.17, 15) is 14.4 Å². The van der Waals surface area contributed by atoms with Gasteiger partial charge in [0, 0.05) is 4.88 Å². The third kappa shape index (κ3) is 3.88. The highest BCUT2D eigenvalue weighted by Gasteiger charge is 2.17. The number of nitrogens with one attached hydrogen (secondary N) is 1. The van der Waals surface area contributed by atoms with Crippen LogP contribution in [0.2, 0.25) is 0 Å². The van der Waals surface area contributed by atoms with Crippen molar-refractivity contribution in [2.24, 2.45) is 5.73 Å². The van der Waals surface area contributed by atoms with Crippen LogP contribution in [0, 0.1) is 0 Å². The molecule has 2 aromatic heterocycles.